The van der Waals surface area contributed by atoms with Gasteiger partial charge in [0.25, 0.3) is 6.47 Å². The Labute approximate surface area is 64.8 Å². The predicted molar refractivity (Wildman–Crippen MR) is 41.1 cm³/mol. The van der Waals surface area contributed by atoms with Gasteiger partial charge in [0, 0.05) is 5.56 Å². The molecule has 0 aliphatic rings. The van der Waals surface area contributed by atoms with Crippen LogP contribution in [0.15, 0.2) is 24.3 Å². The molecule has 0 N–H and O–H groups in total. The average molecular weight is 146 g/mol. The minimum atomic E-state index is 0.371. The quantitative estimate of drug-likeness (QED) is 0.463. The largest absolute Gasteiger partial charge is 0.429 e. The van der Waals surface area contributed by atoms with E-state index >= 15 is 0 Å². The van der Waals surface area contributed by atoms with Crippen LogP contribution < -0.4 is 4.74 Å². The smallest absolute Gasteiger partial charge is 0.298 e. The summed E-state index contributed by atoms with van der Waals surface area (Å²) in [6, 6.07) is 6.77. The first-order valence-corrected chi connectivity index (χ1v) is 3.04. The summed E-state index contributed by atoms with van der Waals surface area (Å²) in [6.45, 7) is 0.371. The van der Waals surface area contributed by atoms with Crippen LogP contribution in [0.2, 0.25) is 0 Å². The molecular formula is C9H6O2. The van der Waals surface area contributed by atoms with Gasteiger partial charge in [-0.3, -0.25) is 4.79 Å². The van der Waals surface area contributed by atoms with E-state index in [9.17, 15) is 4.79 Å². The third-order valence-electron chi connectivity index (χ3n) is 1.18. The Bertz CT molecular complexity index is 297. The maximum atomic E-state index is 9.90. The molecule has 0 heterocycles. The van der Waals surface area contributed by atoms with E-state index in [0.717, 1.165) is 0 Å². The predicted octanol–water partition coefficient (Wildman–Crippen LogP) is 1.20. The van der Waals surface area contributed by atoms with Crippen molar-refractivity contribution in [2.75, 3.05) is 0 Å². The van der Waals surface area contributed by atoms with Gasteiger partial charge in [0.1, 0.15) is 5.75 Å². The van der Waals surface area contributed by atoms with Crippen molar-refractivity contribution in [1.82, 2.24) is 0 Å². The van der Waals surface area contributed by atoms with Gasteiger partial charge in [0.15, 0.2) is 0 Å². The van der Waals surface area contributed by atoms with Gasteiger partial charge in [-0.15, -0.1) is 6.42 Å². The molecule has 1 aromatic carbocycles. The highest BCUT2D eigenvalue weighted by Gasteiger charge is 1.91. The molecule has 0 aromatic heterocycles. The number of carbonyl (C=O) groups excluding carboxylic acids is 1. The Kier molecular flexibility index (Phi) is 2.29. The second kappa shape index (κ2) is 3.43. The first-order valence-electron chi connectivity index (χ1n) is 3.04. The maximum Gasteiger partial charge on any atom is 0.298 e. The normalized spacial score (nSPS) is 8.27. The molecule has 0 spiro atoms. The van der Waals surface area contributed by atoms with Gasteiger partial charge in [-0.05, 0) is 18.2 Å². The summed E-state index contributed by atoms with van der Waals surface area (Å²) in [4.78, 5) is 9.90. The summed E-state index contributed by atoms with van der Waals surface area (Å²) in [7, 11) is 0. The van der Waals surface area contributed by atoms with Gasteiger partial charge >= 0.3 is 0 Å². The molecule has 0 aliphatic heterocycles. The van der Waals surface area contributed by atoms with Crippen molar-refractivity contribution in [1.29, 1.82) is 0 Å². The highest BCUT2D eigenvalue weighted by atomic mass is 16.5. The Morgan fingerprint density at radius 3 is 3.00 bits per heavy atom. The molecule has 11 heavy (non-hydrogen) atoms. The van der Waals surface area contributed by atoms with E-state index in [1.807, 2.05) is 0 Å². The van der Waals surface area contributed by atoms with Gasteiger partial charge < -0.3 is 4.74 Å². The van der Waals surface area contributed by atoms with Gasteiger partial charge in [0.2, 0.25) is 0 Å². The van der Waals surface area contributed by atoms with Crippen LogP contribution in [0.25, 0.3) is 0 Å². The molecule has 1 rings (SSSR count). The zero-order valence-electron chi connectivity index (χ0n) is 5.78. The Morgan fingerprint density at radius 2 is 2.36 bits per heavy atom. The molecule has 1 aromatic rings. The lowest BCUT2D eigenvalue weighted by atomic mass is 10.2. The van der Waals surface area contributed by atoms with E-state index in [0.29, 0.717) is 17.8 Å². The third kappa shape index (κ3) is 1.84. The van der Waals surface area contributed by atoms with Crippen LogP contribution >= 0.6 is 0 Å². The lowest BCUT2D eigenvalue weighted by molar-refractivity contribution is -0.120. The molecule has 0 saturated heterocycles. The van der Waals surface area contributed by atoms with E-state index < -0.39 is 0 Å². The number of hydrogen-bond donors (Lipinski definition) is 0. The van der Waals surface area contributed by atoms with Crippen LogP contribution in [-0.4, -0.2) is 6.47 Å². The van der Waals surface area contributed by atoms with Crippen molar-refractivity contribution < 1.29 is 9.53 Å². The highest BCUT2D eigenvalue weighted by molar-refractivity contribution is 5.47. The number of carbonyl (C=O) groups is 1. The first kappa shape index (κ1) is 7.36. The van der Waals surface area contributed by atoms with Crippen LogP contribution in [-0.2, 0) is 4.79 Å². The fourth-order valence-electron chi connectivity index (χ4n) is 0.715. The molecule has 0 atom stereocenters. The van der Waals surface area contributed by atoms with Crippen molar-refractivity contribution in [3.05, 3.63) is 29.8 Å². The summed E-state index contributed by atoms with van der Waals surface area (Å²) >= 11 is 0. The monoisotopic (exact) mass is 146 g/mol. The standard InChI is InChI=1S/C9H6O2/c1-2-8-4-3-5-9(6-8)11-7-10/h1,3-7H. The van der Waals surface area contributed by atoms with Crippen molar-refractivity contribution >= 4 is 6.47 Å². The minimum absolute atomic E-state index is 0.371. The number of benzene rings is 1. The average Bonchev–Trinajstić information content (AvgIpc) is 2.06. The fourth-order valence-corrected chi connectivity index (χ4v) is 0.715. The molecule has 0 unspecified atom stereocenters. The van der Waals surface area contributed by atoms with E-state index in [-0.39, 0.29) is 0 Å². The van der Waals surface area contributed by atoms with Gasteiger partial charge in [0.05, 0.1) is 0 Å². The summed E-state index contributed by atoms with van der Waals surface area (Å²) in [5.74, 6) is 2.90. The topological polar surface area (TPSA) is 26.3 Å². The minimum Gasteiger partial charge on any atom is -0.429 e. The summed E-state index contributed by atoms with van der Waals surface area (Å²) in [5, 5.41) is 0. The summed E-state index contributed by atoms with van der Waals surface area (Å²) < 4.78 is 4.57. The lowest BCUT2D eigenvalue weighted by Gasteiger charge is -1.96. The Morgan fingerprint density at radius 1 is 1.55 bits per heavy atom. The molecule has 0 aliphatic carbocycles. The van der Waals surface area contributed by atoms with Crippen molar-refractivity contribution in [3.63, 3.8) is 0 Å². The lowest BCUT2D eigenvalue weighted by Crippen LogP contribution is -1.87. The highest BCUT2D eigenvalue weighted by Crippen LogP contribution is 2.10. The van der Waals surface area contributed by atoms with Crippen molar-refractivity contribution in [2.24, 2.45) is 0 Å². The zero-order chi connectivity index (χ0) is 8.10. The number of terminal acetylenes is 1. The van der Waals surface area contributed by atoms with Crippen LogP contribution in [0.1, 0.15) is 5.56 Å². The fraction of sp³-hybridized carbons (Fsp3) is 0. The molecule has 54 valence electrons. The first-order chi connectivity index (χ1) is 5.36. The zero-order valence-corrected chi connectivity index (χ0v) is 5.78. The molecular weight excluding hydrogens is 140 g/mol. The molecule has 0 saturated carbocycles. The number of ether oxygens (including phenoxy) is 1. The molecule has 2 heteroatoms. The van der Waals surface area contributed by atoms with Crippen LogP contribution in [0.5, 0.6) is 5.75 Å². The molecule has 2 nitrogen and oxygen atoms in total. The van der Waals surface area contributed by atoms with Crippen molar-refractivity contribution in [3.8, 4) is 18.1 Å². The summed E-state index contributed by atoms with van der Waals surface area (Å²) in [6.07, 6.45) is 5.12. The van der Waals surface area contributed by atoms with E-state index in [2.05, 4.69) is 10.7 Å². The molecule has 0 bridgehead atoms. The second-order valence-electron chi connectivity index (χ2n) is 1.89. The van der Waals surface area contributed by atoms with Crippen LogP contribution in [0.4, 0.5) is 0 Å². The van der Waals surface area contributed by atoms with Crippen LogP contribution in [0, 0.1) is 12.3 Å². The Hall–Kier alpha value is -1.75. The summed E-state index contributed by atoms with van der Waals surface area (Å²) in [5.41, 5.74) is 0.698. The Balaban J connectivity index is 2.93. The third-order valence-corrected chi connectivity index (χ3v) is 1.18. The SMILES string of the molecule is C#Cc1cccc(OC=O)c1. The molecule has 0 fully saturated rings. The van der Waals surface area contributed by atoms with E-state index in [1.54, 1.807) is 24.3 Å². The van der Waals surface area contributed by atoms with Crippen molar-refractivity contribution in [2.45, 2.75) is 0 Å². The molecule has 0 amide bonds. The number of hydrogen-bond acceptors (Lipinski definition) is 2. The van der Waals surface area contributed by atoms with Gasteiger partial charge in [-0.1, -0.05) is 12.0 Å². The number of rotatable bonds is 2. The second-order valence-corrected chi connectivity index (χ2v) is 1.89. The van der Waals surface area contributed by atoms with E-state index in [1.165, 1.54) is 0 Å². The van der Waals surface area contributed by atoms with Crippen LogP contribution in [0.3, 0.4) is 0 Å². The van der Waals surface area contributed by atoms with Gasteiger partial charge in [-0.25, -0.2) is 0 Å². The maximum absolute atomic E-state index is 9.90. The van der Waals surface area contributed by atoms with E-state index in [4.69, 9.17) is 6.42 Å². The molecule has 0 radical (unpaired) electrons. The van der Waals surface area contributed by atoms with Gasteiger partial charge in [-0.2, -0.15) is 0 Å².